The highest BCUT2D eigenvalue weighted by Crippen LogP contribution is 2.17. The van der Waals surface area contributed by atoms with E-state index in [2.05, 4.69) is 24.5 Å². The molecule has 0 aliphatic rings. The Kier molecular flexibility index (Phi) is 4.21. The maximum Gasteiger partial charge on any atom is 0.0565 e. The lowest BCUT2D eigenvalue weighted by Gasteiger charge is -1.99. The minimum absolute atomic E-state index is 0.728. The van der Waals surface area contributed by atoms with Gasteiger partial charge in [0.1, 0.15) is 0 Å². The molecular weight excluding hydrogens is 200 g/mol. The molecule has 0 fully saturated rings. The number of thiol groups is 1. The highest BCUT2D eigenvalue weighted by atomic mass is 35.5. The summed E-state index contributed by atoms with van der Waals surface area (Å²) in [6, 6.07) is 5.80. The van der Waals surface area contributed by atoms with E-state index in [4.69, 9.17) is 11.6 Å². The molecule has 0 aliphatic carbocycles. The monoisotopic (exact) mass is 210 g/mol. The van der Waals surface area contributed by atoms with Gasteiger partial charge in [-0.25, -0.2) is 0 Å². The number of hydrogen-bond acceptors (Lipinski definition) is 1. The quantitative estimate of drug-likeness (QED) is 0.534. The van der Waals surface area contributed by atoms with Crippen LogP contribution in [-0.2, 0) is 0 Å². The molecule has 2 heteroatoms. The number of rotatable bonds is 1. The first-order chi connectivity index (χ1) is 6.25. The Hall–Kier alpha value is -0.580. The Morgan fingerprint density at radius 3 is 2.85 bits per heavy atom. The Bertz CT molecular complexity index is 327. The average Bonchev–Trinajstić information content (AvgIpc) is 2.10. The molecule has 68 valence electrons. The summed E-state index contributed by atoms with van der Waals surface area (Å²) >= 11 is 10.1. The molecule has 0 aliphatic heterocycles. The summed E-state index contributed by atoms with van der Waals surface area (Å²) in [5.41, 5.74) is 2.06. The third kappa shape index (κ3) is 2.99. The molecule has 1 rings (SSSR count). The van der Waals surface area contributed by atoms with Gasteiger partial charge in [0.2, 0.25) is 0 Å². The van der Waals surface area contributed by atoms with Gasteiger partial charge < -0.3 is 0 Å². The predicted octanol–water partition coefficient (Wildman–Crippen LogP) is 3.32. The van der Waals surface area contributed by atoms with Crippen LogP contribution in [-0.4, -0.2) is 5.75 Å². The number of hydrogen-bond donors (Lipinski definition) is 1. The molecule has 0 N–H and O–H groups in total. The fourth-order valence-corrected chi connectivity index (χ4v) is 1.38. The first kappa shape index (κ1) is 10.5. The van der Waals surface area contributed by atoms with Gasteiger partial charge in [-0.05, 0) is 18.6 Å². The van der Waals surface area contributed by atoms with Crippen molar-refractivity contribution in [3.8, 4) is 11.8 Å². The van der Waals surface area contributed by atoms with Crippen molar-refractivity contribution in [1.82, 2.24) is 0 Å². The Morgan fingerprint density at radius 1 is 1.46 bits per heavy atom. The summed E-state index contributed by atoms with van der Waals surface area (Å²) in [7, 11) is 0. The molecule has 0 spiro atoms. The van der Waals surface area contributed by atoms with E-state index in [0.29, 0.717) is 0 Å². The van der Waals surface area contributed by atoms with Gasteiger partial charge in [0.15, 0.2) is 0 Å². The van der Waals surface area contributed by atoms with Crippen molar-refractivity contribution >= 4 is 24.2 Å². The van der Waals surface area contributed by atoms with E-state index in [1.807, 2.05) is 25.1 Å². The zero-order valence-corrected chi connectivity index (χ0v) is 9.12. The van der Waals surface area contributed by atoms with Crippen molar-refractivity contribution in [3.05, 3.63) is 34.3 Å². The first-order valence-electron chi connectivity index (χ1n) is 4.10. The van der Waals surface area contributed by atoms with Crippen LogP contribution in [0.25, 0.3) is 0 Å². The lowest BCUT2D eigenvalue weighted by atomic mass is 10.1. The molecule has 0 unspecified atom stereocenters. The smallest absolute Gasteiger partial charge is 0.0565 e. The van der Waals surface area contributed by atoms with Gasteiger partial charge in [0, 0.05) is 17.7 Å². The fraction of sp³-hybridized carbons (Fsp3) is 0.273. The molecule has 0 amide bonds. The minimum Gasteiger partial charge on any atom is -0.178 e. The van der Waals surface area contributed by atoms with Gasteiger partial charge in [0.25, 0.3) is 0 Å². The van der Waals surface area contributed by atoms with Crippen LogP contribution in [0.3, 0.4) is 0 Å². The van der Waals surface area contributed by atoms with Crippen LogP contribution in [0.2, 0.25) is 5.02 Å². The molecule has 0 saturated heterocycles. The molecule has 0 atom stereocenters. The summed E-state index contributed by atoms with van der Waals surface area (Å²) in [6.45, 7) is 2.01. The van der Waals surface area contributed by atoms with Crippen LogP contribution in [0.5, 0.6) is 0 Å². The Morgan fingerprint density at radius 2 is 2.23 bits per heavy atom. The van der Waals surface area contributed by atoms with Crippen molar-refractivity contribution in [3.63, 3.8) is 0 Å². The SMILES string of the molecule is Cc1cccc(Cl)c1C#CCCS. The molecule has 0 radical (unpaired) electrons. The molecule has 1 aromatic carbocycles. The number of halogens is 1. The minimum atomic E-state index is 0.728. The van der Waals surface area contributed by atoms with E-state index < -0.39 is 0 Å². The summed E-state index contributed by atoms with van der Waals surface area (Å²) in [4.78, 5) is 0. The lowest BCUT2D eigenvalue weighted by molar-refractivity contribution is 1.31. The highest BCUT2D eigenvalue weighted by Gasteiger charge is 1.98. The largest absolute Gasteiger partial charge is 0.178 e. The molecule has 1 aromatic rings. The van der Waals surface area contributed by atoms with E-state index in [1.165, 1.54) is 0 Å². The summed E-state index contributed by atoms with van der Waals surface area (Å²) in [6.07, 6.45) is 0.799. The Labute approximate surface area is 89.7 Å². The lowest BCUT2D eigenvalue weighted by Crippen LogP contribution is -1.82. The summed E-state index contributed by atoms with van der Waals surface area (Å²) < 4.78 is 0. The normalized spacial score (nSPS) is 9.15. The van der Waals surface area contributed by atoms with E-state index in [-0.39, 0.29) is 0 Å². The fourth-order valence-electron chi connectivity index (χ4n) is 0.997. The maximum atomic E-state index is 5.99. The second kappa shape index (κ2) is 5.21. The highest BCUT2D eigenvalue weighted by molar-refractivity contribution is 7.80. The zero-order chi connectivity index (χ0) is 9.68. The van der Waals surface area contributed by atoms with Crippen LogP contribution in [0.4, 0.5) is 0 Å². The second-order valence-electron chi connectivity index (χ2n) is 2.71. The first-order valence-corrected chi connectivity index (χ1v) is 5.11. The molecule has 13 heavy (non-hydrogen) atoms. The molecule has 0 heterocycles. The summed E-state index contributed by atoms with van der Waals surface area (Å²) in [5, 5.41) is 0.728. The van der Waals surface area contributed by atoms with Crippen molar-refractivity contribution in [2.24, 2.45) is 0 Å². The zero-order valence-electron chi connectivity index (χ0n) is 7.47. The third-order valence-corrected chi connectivity index (χ3v) is 2.21. The van der Waals surface area contributed by atoms with Gasteiger partial charge in [-0.15, -0.1) is 0 Å². The van der Waals surface area contributed by atoms with Crippen LogP contribution >= 0.6 is 24.2 Å². The van der Waals surface area contributed by atoms with Gasteiger partial charge >= 0.3 is 0 Å². The standard InChI is InChI=1S/C11H11ClS/c1-9-5-4-7-11(12)10(9)6-2-3-8-13/h4-5,7,13H,3,8H2,1H3. The van der Waals surface area contributed by atoms with E-state index >= 15 is 0 Å². The topological polar surface area (TPSA) is 0 Å². The van der Waals surface area contributed by atoms with Crippen LogP contribution in [0.15, 0.2) is 18.2 Å². The van der Waals surface area contributed by atoms with Crippen LogP contribution < -0.4 is 0 Å². The third-order valence-electron chi connectivity index (χ3n) is 1.67. The van der Waals surface area contributed by atoms with Crippen molar-refractivity contribution in [1.29, 1.82) is 0 Å². The van der Waals surface area contributed by atoms with Crippen LogP contribution in [0, 0.1) is 18.8 Å². The van der Waals surface area contributed by atoms with Crippen molar-refractivity contribution in [2.45, 2.75) is 13.3 Å². The second-order valence-corrected chi connectivity index (χ2v) is 3.56. The van der Waals surface area contributed by atoms with Gasteiger partial charge in [-0.2, -0.15) is 12.6 Å². The number of aryl methyl sites for hydroxylation is 1. The van der Waals surface area contributed by atoms with Crippen molar-refractivity contribution in [2.75, 3.05) is 5.75 Å². The molecule has 0 saturated carbocycles. The predicted molar refractivity (Wildman–Crippen MR) is 61.5 cm³/mol. The van der Waals surface area contributed by atoms with Gasteiger partial charge in [-0.1, -0.05) is 35.6 Å². The molecular formula is C11H11ClS. The van der Waals surface area contributed by atoms with Crippen molar-refractivity contribution < 1.29 is 0 Å². The maximum absolute atomic E-state index is 5.99. The van der Waals surface area contributed by atoms with E-state index in [0.717, 1.165) is 28.3 Å². The van der Waals surface area contributed by atoms with E-state index in [9.17, 15) is 0 Å². The molecule has 0 aromatic heterocycles. The van der Waals surface area contributed by atoms with Crippen LogP contribution in [0.1, 0.15) is 17.5 Å². The Balaban J connectivity index is 2.95. The van der Waals surface area contributed by atoms with Gasteiger partial charge in [-0.3, -0.25) is 0 Å². The number of benzene rings is 1. The average molecular weight is 211 g/mol. The molecule has 0 nitrogen and oxygen atoms in total. The van der Waals surface area contributed by atoms with E-state index in [1.54, 1.807) is 0 Å². The summed E-state index contributed by atoms with van der Waals surface area (Å²) in [5.74, 6) is 6.86. The molecule has 0 bridgehead atoms. The van der Waals surface area contributed by atoms with Gasteiger partial charge in [0.05, 0.1) is 5.02 Å².